The van der Waals surface area contributed by atoms with Crippen molar-refractivity contribution in [1.82, 2.24) is 19.9 Å². The summed E-state index contributed by atoms with van der Waals surface area (Å²) in [6.07, 6.45) is 0. The minimum Gasteiger partial charge on any atom is -0.456 e. The minimum atomic E-state index is -0.658. The molecule has 3 aromatic heterocycles. The van der Waals surface area contributed by atoms with Crippen molar-refractivity contribution in [3.05, 3.63) is 241 Å². The Morgan fingerprint density at radius 3 is 1.60 bits per heavy atom. The van der Waals surface area contributed by atoms with E-state index in [1.54, 1.807) is 0 Å². The molecule has 3 heterocycles. The van der Waals surface area contributed by atoms with E-state index in [-0.39, 0.29) is 0 Å². The number of hydrogen-bond donors (Lipinski definition) is 0. The summed E-state index contributed by atoms with van der Waals surface area (Å²) in [6.45, 7) is 0. The van der Waals surface area contributed by atoms with Crippen molar-refractivity contribution in [1.29, 1.82) is 0 Å². The Morgan fingerprint density at radius 2 is 0.862 bits per heavy atom. The van der Waals surface area contributed by atoms with Crippen LogP contribution in [0.15, 0.2) is 227 Å². The normalized spacial score (nSPS) is 12.7. The average molecular weight is 833 g/mol. The van der Waals surface area contributed by atoms with E-state index in [1.165, 1.54) is 22.3 Å². The molecule has 0 fully saturated rings. The first-order valence-electron chi connectivity index (χ1n) is 21.8. The van der Waals surface area contributed by atoms with E-state index in [9.17, 15) is 0 Å². The molecule has 9 aromatic carbocycles. The van der Waals surface area contributed by atoms with E-state index < -0.39 is 5.41 Å². The summed E-state index contributed by atoms with van der Waals surface area (Å²) in [5, 5.41) is 2.12. The van der Waals surface area contributed by atoms with Crippen LogP contribution in [0, 0.1) is 0 Å². The SMILES string of the molecule is c1ccc(-c2cccc(-c3nc(-c4ccc(C5(c6ccc7nc(-c8ccccc8)oc7c6)c6ccccc6-c6ccccc65)cc4)nc(-c4ccc5c(c4)oc4ccccc45)n3)c2)cc1. The molecule has 6 nitrogen and oxygen atoms in total. The topological polar surface area (TPSA) is 77.8 Å². The van der Waals surface area contributed by atoms with E-state index in [0.29, 0.717) is 23.4 Å². The van der Waals surface area contributed by atoms with Gasteiger partial charge in [0.1, 0.15) is 16.7 Å². The molecular weight excluding hydrogens is 797 g/mol. The van der Waals surface area contributed by atoms with Crippen LogP contribution in [0.25, 0.3) is 101 Å². The fourth-order valence-electron chi connectivity index (χ4n) is 9.85. The number of aromatic nitrogens is 4. The first-order valence-corrected chi connectivity index (χ1v) is 21.8. The molecule has 1 aliphatic carbocycles. The molecule has 0 saturated heterocycles. The van der Waals surface area contributed by atoms with E-state index in [0.717, 1.165) is 77.5 Å². The monoisotopic (exact) mass is 832 g/mol. The van der Waals surface area contributed by atoms with Crippen LogP contribution in [-0.2, 0) is 5.41 Å². The largest absolute Gasteiger partial charge is 0.456 e. The first-order chi connectivity index (χ1) is 32.2. The summed E-state index contributed by atoms with van der Waals surface area (Å²) < 4.78 is 12.8. The van der Waals surface area contributed by atoms with Gasteiger partial charge in [0.05, 0.1) is 5.41 Å². The predicted molar refractivity (Wildman–Crippen MR) is 259 cm³/mol. The molecule has 0 aliphatic heterocycles. The zero-order valence-corrected chi connectivity index (χ0v) is 34.9. The minimum absolute atomic E-state index is 0.562. The summed E-state index contributed by atoms with van der Waals surface area (Å²) in [5.74, 6) is 2.32. The van der Waals surface area contributed by atoms with Crippen LogP contribution in [-0.4, -0.2) is 19.9 Å². The van der Waals surface area contributed by atoms with E-state index in [2.05, 4.69) is 158 Å². The highest BCUT2D eigenvalue weighted by Crippen LogP contribution is 2.56. The number of hydrogen-bond acceptors (Lipinski definition) is 6. The number of benzene rings is 9. The third-order valence-corrected chi connectivity index (χ3v) is 12.9. The summed E-state index contributed by atoms with van der Waals surface area (Å²) in [4.78, 5) is 20.4. The van der Waals surface area contributed by atoms with Gasteiger partial charge in [0.15, 0.2) is 23.1 Å². The van der Waals surface area contributed by atoms with Gasteiger partial charge in [0, 0.05) is 33.0 Å². The van der Waals surface area contributed by atoms with Crippen molar-refractivity contribution in [2.75, 3.05) is 0 Å². The standard InChI is InChI=1S/C59H36N4O2/c1-3-14-37(15-4-1)40-18-13-19-41(34-40)56-61-55(62-57(63-56)42-28-32-48-47-22-9-12-25-52(47)64-53(48)35-42)38-26-29-43(30-27-38)59(49-23-10-7-20-45(49)46-21-8-11-24-50(46)59)44-31-33-51-54(36-44)65-58(60-51)39-16-5-2-6-17-39/h1-36H. The number of nitrogens with zero attached hydrogens (tertiary/aromatic N) is 4. The van der Waals surface area contributed by atoms with Gasteiger partial charge in [-0.15, -0.1) is 0 Å². The van der Waals surface area contributed by atoms with Crippen LogP contribution >= 0.6 is 0 Å². The average Bonchev–Trinajstić information content (AvgIpc) is 4.07. The van der Waals surface area contributed by atoms with Gasteiger partial charge in [-0.2, -0.15) is 0 Å². The maximum Gasteiger partial charge on any atom is 0.227 e. The van der Waals surface area contributed by atoms with Crippen LogP contribution in [0.1, 0.15) is 22.3 Å². The van der Waals surface area contributed by atoms with E-state index in [1.807, 2.05) is 60.7 Å². The van der Waals surface area contributed by atoms with Gasteiger partial charge >= 0.3 is 0 Å². The van der Waals surface area contributed by atoms with Gasteiger partial charge in [-0.05, 0) is 93.0 Å². The van der Waals surface area contributed by atoms with Crippen molar-refractivity contribution < 1.29 is 8.83 Å². The van der Waals surface area contributed by atoms with Gasteiger partial charge in [0.25, 0.3) is 0 Å². The molecule has 0 radical (unpaired) electrons. The van der Waals surface area contributed by atoms with E-state index >= 15 is 0 Å². The molecule has 0 saturated carbocycles. The fourth-order valence-corrected chi connectivity index (χ4v) is 9.85. The second-order valence-corrected chi connectivity index (χ2v) is 16.5. The smallest absolute Gasteiger partial charge is 0.227 e. The number of rotatable bonds is 7. The van der Waals surface area contributed by atoms with E-state index in [4.69, 9.17) is 28.8 Å². The second kappa shape index (κ2) is 14.7. The molecule has 13 rings (SSSR count). The maximum absolute atomic E-state index is 6.52. The van der Waals surface area contributed by atoms with Gasteiger partial charge in [-0.25, -0.2) is 19.9 Å². The Kier molecular flexibility index (Phi) is 8.33. The maximum atomic E-state index is 6.52. The van der Waals surface area contributed by atoms with Crippen molar-refractivity contribution in [2.24, 2.45) is 0 Å². The van der Waals surface area contributed by atoms with Crippen molar-refractivity contribution >= 4 is 33.0 Å². The number of fused-ring (bicyclic) bond motifs is 7. The summed E-state index contributed by atoms with van der Waals surface area (Å²) in [7, 11) is 0. The molecule has 6 heteroatoms. The summed E-state index contributed by atoms with van der Waals surface area (Å²) >= 11 is 0. The molecule has 0 atom stereocenters. The van der Waals surface area contributed by atoms with Crippen LogP contribution < -0.4 is 0 Å². The molecule has 0 spiro atoms. The third-order valence-electron chi connectivity index (χ3n) is 12.9. The molecule has 304 valence electrons. The first kappa shape index (κ1) is 36.9. The fraction of sp³-hybridized carbons (Fsp3) is 0.0169. The Balaban J connectivity index is 0.977. The Bertz CT molecular complexity index is 3730. The van der Waals surface area contributed by atoms with Crippen LogP contribution in [0.5, 0.6) is 0 Å². The molecule has 12 aromatic rings. The van der Waals surface area contributed by atoms with Crippen LogP contribution in [0.3, 0.4) is 0 Å². The number of furan rings is 1. The van der Waals surface area contributed by atoms with Crippen molar-refractivity contribution in [2.45, 2.75) is 5.41 Å². The lowest BCUT2D eigenvalue weighted by Gasteiger charge is -2.33. The molecule has 1 aliphatic rings. The van der Waals surface area contributed by atoms with Gasteiger partial charge < -0.3 is 8.83 Å². The highest BCUT2D eigenvalue weighted by atomic mass is 16.3. The quantitative estimate of drug-likeness (QED) is 0.159. The Morgan fingerprint density at radius 1 is 0.308 bits per heavy atom. The Labute approximate surface area is 374 Å². The van der Waals surface area contributed by atoms with Crippen molar-refractivity contribution in [3.63, 3.8) is 0 Å². The van der Waals surface area contributed by atoms with Gasteiger partial charge in [-0.1, -0.05) is 170 Å². The molecule has 0 bridgehead atoms. The van der Waals surface area contributed by atoms with Crippen LogP contribution in [0.2, 0.25) is 0 Å². The van der Waals surface area contributed by atoms with Crippen LogP contribution in [0.4, 0.5) is 0 Å². The summed E-state index contributed by atoms with van der Waals surface area (Å²) in [5.41, 5.74) is 15.3. The molecule has 0 amide bonds. The molecule has 0 unspecified atom stereocenters. The molecule has 65 heavy (non-hydrogen) atoms. The van der Waals surface area contributed by atoms with Gasteiger partial charge in [-0.3, -0.25) is 0 Å². The third kappa shape index (κ3) is 5.95. The number of para-hydroxylation sites is 1. The zero-order chi connectivity index (χ0) is 42.9. The highest BCUT2D eigenvalue weighted by Gasteiger charge is 2.46. The van der Waals surface area contributed by atoms with Gasteiger partial charge in [0.2, 0.25) is 5.89 Å². The lowest BCUT2D eigenvalue weighted by Crippen LogP contribution is -2.28. The lowest BCUT2D eigenvalue weighted by atomic mass is 9.67. The zero-order valence-electron chi connectivity index (χ0n) is 34.9. The molecule has 0 N–H and O–H groups in total. The van der Waals surface area contributed by atoms with Crippen molar-refractivity contribution in [3.8, 4) is 67.9 Å². The molecular formula is C59H36N4O2. The number of oxazole rings is 1. The lowest BCUT2D eigenvalue weighted by molar-refractivity contribution is 0.618. The Hall–Kier alpha value is -8.74. The summed E-state index contributed by atoms with van der Waals surface area (Å²) in [6, 6.07) is 75.9. The predicted octanol–water partition coefficient (Wildman–Crippen LogP) is 14.6. The second-order valence-electron chi connectivity index (χ2n) is 16.5. The highest BCUT2D eigenvalue weighted by molar-refractivity contribution is 6.05.